The number of rotatable bonds is 5. The molecule has 0 aliphatic rings. The molecule has 112 valence electrons. The Morgan fingerprint density at radius 1 is 1.45 bits per heavy atom. The number of esters is 1. The van der Waals surface area contributed by atoms with E-state index in [1.54, 1.807) is 0 Å². The van der Waals surface area contributed by atoms with E-state index in [4.69, 9.17) is 16.3 Å². The van der Waals surface area contributed by atoms with Crippen LogP contribution in [0.3, 0.4) is 0 Å². The molecule has 0 fully saturated rings. The van der Waals surface area contributed by atoms with Gasteiger partial charge in [-0.05, 0) is 6.92 Å². The normalized spacial score (nSPS) is 11.1. The second-order valence-electron chi connectivity index (χ2n) is 3.40. The van der Waals surface area contributed by atoms with Gasteiger partial charge in [0.1, 0.15) is 5.75 Å². The summed E-state index contributed by atoms with van der Waals surface area (Å²) in [7, 11) is 1.19. The van der Waals surface area contributed by atoms with Gasteiger partial charge in [0.05, 0.1) is 25.3 Å². The molecule has 0 atom stereocenters. The molecule has 1 heterocycles. The van der Waals surface area contributed by atoms with Crippen molar-refractivity contribution in [1.29, 1.82) is 0 Å². The third-order valence-corrected chi connectivity index (χ3v) is 2.33. The number of methoxy groups -OCH3 is 1. The summed E-state index contributed by atoms with van der Waals surface area (Å²) in [5.74, 6) is -2.32. The van der Waals surface area contributed by atoms with Crippen molar-refractivity contribution >= 4 is 17.6 Å². The summed E-state index contributed by atoms with van der Waals surface area (Å²) in [4.78, 5) is 15.2. The van der Waals surface area contributed by atoms with E-state index in [1.165, 1.54) is 20.1 Å². The van der Waals surface area contributed by atoms with Crippen molar-refractivity contribution in [1.82, 2.24) is 4.98 Å². The quantitative estimate of drug-likeness (QED) is 0.618. The number of halogens is 4. The number of carbonyl (C=O) groups excluding carboxylic acids is 1. The van der Waals surface area contributed by atoms with Crippen LogP contribution in [-0.2, 0) is 10.6 Å². The zero-order valence-corrected chi connectivity index (χ0v) is 11.3. The minimum Gasteiger partial charge on any atom is -0.496 e. The second kappa shape index (κ2) is 6.65. The van der Waals surface area contributed by atoms with Gasteiger partial charge in [-0.15, -0.1) is 24.8 Å². The molecule has 0 unspecified atom stereocenters. The van der Waals surface area contributed by atoms with Gasteiger partial charge in [-0.2, -0.15) is 0 Å². The van der Waals surface area contributed by atoms with Crippen LogP contribution >= 0.6 is 11.6 Å². The molecule has 0 radical (unpaired) electrons. The first-order valence-electron chi connectivity index (χ1n) is 5.39. The lowest BCUT2D eigenvalue weighted by molar-refractivity contribution is -0.276. The molecule has 0 spiro atoms. The molecule has 0 saturated carbocycles. The highest BCUT2D eigenvalue weighted by atomic mass is 35.5. The molecule has 0 aromatic carbocycles. The van der Waals surface area contributed by atoms with E-state index in [0.717, 1.165) is 0 Å². The van der Waals surface area contributed by atoms with Crippen molar-refractivity contribution in [3.63, 3.8) is 0 Å². The van der Waals surface area contributed by atoms with E-state index >= 15 is 0 Å². The summed E-state index contributed by atoms with van der Waals surface area (Å²) < 4.78 is 50.3. The maximum absolute atomic E-state index is 12.4. The van der Waals surface area contributed by atoms with Crippen LogP contribution in [0.15, 0.2) is 6.07 Å². The Morgan fingerprint density at radius 3 is 2.55 bits per heavy atom. The van der Waals surface area contributed by atoms with Gasteiger partial charge in [-0.3, -0.25) is 0 Å². The second-order valence-corrected chi connectivity index (χ2v) is 3.67. The van der Waals surface area contributed by atoms with E-state index in [-0.39, 0.29) is 23.9 Å². The van der Waals surface area contributed by atoms with Crippen LogP contribution in [0, 0.1) is 0 Å². The number of pyridine rings is 1. The Balaban J connectivity index is 3.38. The molecule has 0 aliphatic heterocycles. The maximum atomic E-state index is 12.4. The Morgan fingerprint density at radius 2 is 2.10 bits per heavy atom. The minimum absolute atomic E-state index is 0.0231. The molecule has 0 amide bonds. The standard InChI is InChI=1S/C11H11ClF3NO4/c1-3-19-10(17)8-7(18-2)4-6(5-12)16-9(8)20-11(13,14)15/h4H,3,5H2,1-2H3. The molecule has 9 heteroatoms. The average Bonchev–Trinajstić information content (AvgIpc) is 2.35. The van der Waals surface area contributed by atoms with E-state index in [0.29, 0.717) is 0 Å². The number of alkyl halides is 4. The zero-order valence-electron chi connectivity index (χ0n) is 10.6. The summed E-state index contributed by atoms with van der Waals surface area (Å²) >= 11 is 5.52. The van der Waals surface area contributed by atoms with E-state index in [2.05, 4.69) is 14.5 Å². The van der Waals surface area contributed by atoms with Gasteiger partial charge in [0.15, 0.2) is 5.56 Å². The van der Waals surface area contributed by atoms with Crippen LogP contribution in [0.5, 0.6) is 11.6 Å². The Bertz CT molecular complexity index is 493. The zero-order chi connectivity index (χ0) is 15.3. The number of ether oxygens (including phenoxy) is 3. The van der Waals surface area contributed by atoms with Gasteiger partial charge in [-0.1, -0.05) is 0 Å². The van der Waals surface area contributed by atoms with Gasteiger partial charge in [0.25, 0.3) is 0 Å². The summed E-state index contributed by atoms with van der Waals surface area (Å²) in [6.45, 7) is 1.49. The highest BCUT2D eigenvalue weighted by Crippen LogP contribution is 2.32. The van der Waals surface area contributed by atoms with Crippen molar-refractivity contribution in [2.24, 2.45) is 0 Å². The fourth-order valence-electron chi connectivity index (χ4n) is 1.35. The summed E-state index contributed by atoms with van der Waals surface area (Å²) in [6.07, 6.45) is -5.01. The van der Waals surface area contributed by atoms with Crippen molar-refractivity contribution in [2.45, 2.75) is 19.2 Å². The molecule has 1 rings (SSSR count). The van der Waals surface area contributed by atoms with Crippen molar-refractivity contribution in [2.75, 3.05) is 13.7 Å². The molecule has 0 N–H and O–H groups in total. The molecule has 20 heavy (non-hydrogen) atoms. The highest BCUT2D eigenvalue weighted by Gasteiger charge is 2.35. The SMILES string of the molecule is CCOC(=O)c1c(OC)cc(CCl)nc1OC(F)(F)F. The summed E-state index contributed by atoms with van der Waals surface area (Å²) in [5.41, 5.74) is -0.476. The van der Waals surface area contributed by atoms with Crippen molar-refractivity contribution < 1.29 is 32.2 Å². The van der Waals surface area contributed by atoms with Crippen molar-refractivity contribution in [3.8, 4) is 11.6 Å². The van der Waals surface area contributed by atoms with Crippen LogP contribution in [0.4, 0.5) is 13.2 Å². The fourth-order valence-corrected chi connectivity index (χ4v) is 1.49. The lowest BCUT2D eigenvalue weighted by Crippen LogP contribution is -2.21. The monoisotopic (exact) mass is 313 g/mol. The van der Waals surface area contributed by atoms with Crippen LogP contribution in [0.25, 0.3) is 0 Å². The number of carbonyl (C=O) groups is 1. The molecule has 0 aliphatic carbocycles. The number of nitrogens with zero attached hydrogens (tertiary/aromatic N) is 1. The maximum Gasteiger partial charge on any atom is 0.574 e. The van der Waals surface area contributed by atoms with Gasteiger partial charge < -0.3 is 14.2 Å². The number of hydrogen-bond donors (Lipinski definition) is 0. The summed E-state index contributed by atoms with van der Waals surface area (Å²) in [5, 5.41) is 0. The highest BCUT2D eigenvalue weighted by molar-refractivity contribution is 6.17. The van der Waals surface area contributed by atoms with Crippen LogP contribution in [0.1, 0.15) is 23.0 Å². The Labute approximate surface area is 117 Å². The molecule has 0 bridgehead atoms. The van der Waals surface area contributed by atoms with Crippen LogP contribution in [-0.4, -0.2) is 31.0 Å². The first-order valence-corrected chi connectivity index (χ1v) is 5.92. The molecule has 5 nitrogen and oxygen atoms in total. The van der Waals surface area contributed by atoms with E-state index in [1.807, 2.05) is 0 Å². The molecule has 1 aromatic rings. The Hall–Kier alpha value is -1.70. The third kappa shape index (κ3) is 4.16. The first-order chi connectivity index (χ1) is 9.32. The predicted molar refractivity (Wildman–Crippen MR) is 63.0 cm³/mol. The van der Waals surface area contributed by atoms with Crippen molar-refractivity contribution in [3.05, 3.63) is 17.3 Å². The first kappa shape index (κ1) is 16.4. The number of hydrogen-bond acceptors (Lipinski definition) is 5. The van der Waals surface area contributed by atoms with Gasteiger partial charge >= 0.3 is 12.3 Å². The Kier molecular flexibility index (Phi) is 5.43. The lowest BCUT2D eigenvalue weighted by atomic mass is 10.2. The van der Waals surface area contributed by atoms with E-state index in [9.17, 15) is 18.0 Å². The molecular weight excluding hydrogens is 303 g/mol. The number of aromatic nitrogens is 1. The fraction of sp³-hybridized carbons (Fsp3) is 0.455. The predicted octanol–water partition coefficient (Wildman–Crippen LogP) is 2.90. The third-order valence-electron chi connectivity index (χ3n) is 2.05. The molecular formula is C11H11ClF3NO4. The van der Waals surface area contributed by atoms with Crippen LogP contribution < -0.4 is 9.47 Å². The summed E-state index contributed by atoms with van der Waals surface area (Å²) in [6, 6.07) is 1.24. The van der Waals surface area contributed by atoms with Gasteiger partial charge in [0, 0.05) is 6.07 Å². The van der Waals surface area contributed by atoms with Crippen LogP contribution in [0.2, 0.25) is 0 Å². The smallest absolute Gasteiger partial charge is 0.496 e. The average molecular weight is 314 g/mol. The minimum atomic E-state index is -5.01. The molecule has 0 saturated heterocycles. The molecule has 1 aromatic heterocycles. The largest absolute Gasteiger partial charge is 0.574 e. The van der Waals surface area contributed by atoms with Gasteiger partial charge in [-0.25, -0.2) is 9.78 Å². The lowest BCUT2D eigenvalue weighted by Gasteiger charge is -2.15. The van der Waals surface area contributed by atoms with Gasteiger partial charge in [0.2, 0.25) is 5.88 Å². The van der Waals surface area contributed by atoms with E-state index < -0.39 is 23.8 Å². The topological polar surface area (TPSA) is 57.7 Å².